The lowest BCUT2D eigenvalue weighted by atomic mass is 9.86. The number of carbonyl (C=O) groups excluding carboxylic acids is 1. The molecule has 1 unspecified atom stereocenters. The van der Waals surface area contributed by atoms with E-state index in [1.54, 1.807) is 0 Å². The molecule has 0 aliphatic heterocycles. The molecule has 0 saturated heterocycles. The summed E-state index contributed by atoms with van der Waals surface area (Å²) >= 11 is 3.29. The summed E-state index contributed by atoms with van der Waals surface area (Å²) in [5.74, 6) is 0.925. The van der Waals surface area contributed by atoms with Crippen LogP contribution in [0.15, 0.2) is 71.1 Å². The van der Waals surface area contributed by atoms with Crippen LogP contribution >= 0.6 is 15.9 Å². The van der Waals surface area contributed by atoms with Gasteiger partial charge in [0.2, 0.25) is 0 Å². The topological polar surface area (TPSA) is 26.3 Å². The Morgan fingerprint density at radius 1 is 1.39 bits per heavy atom. The summed E-state index contributed by atoms with van der Waals surface area (Å²) < 4.78 is 5.98. The van der Waals surface area contributed by atoms with Gasteiger partial charge in [-0.1, -0.05) is 65.4 Å². The van der Waals surface area contributed by atoms with Crippen molar-refractivity contribution in [2.24, 2.45) is 5.92 Å². The van der Waals surface area contributed by atoms with Crippen molar-refractivity contribution >= 4 is 21.7 Å². The Balaban J connectivity index is 2.30. The molecule has 2 aliphatic carbocycles. The molecule has 122 valence electrons. The molecule has 2 nitrogen and oxygen atoms in total. The minimum absolute atomic E-state index is 0.0557. The van der Waals surface area contributed by atoms with Crippen molar-refractivity contribution in [3.05, 3.63) is 71.1 Å². The van der Waals surface area contributed by atoms with Crippen molar-refractivity contribution in [2.75, 3.05) is 11.9 Å². The molecule has 0 saturated carbocycles. The minimum Gasteiger partial charge on any atom is -0.488 e. The summed E-state index contributed by atoms with van der Waals surface area (Å²) in [6, 6.07) is 0. The minimum atomic E-state index is 0.0557. The van der Waals surface area contributed by atoms with Crippen LogP contribution in [0, 0.1) is 5.92 Å². The number of hydrogen-bond donors (Lipinski definition) is 0. The Morgan fingerprint density at radius 3 is 2.87 bits per heavy atom. The largest absolute Gasteiger partial charge is 0.488 e. The van der Waals surface area contributed by atoms with Crippen LogP contribution in [0.1, 0.15) is 26.7 Å². The molecule has 2 aliphatic rings. The molecule has 0 fully saturated rings. The molecule has 0 aromatic heterocycles. The fraction of sp³-hybridized carbons (Fsp3) is 0.350. The SMILES string of the molecule is C/C=C\C=C1\C(C(=O)CBr)=C(OCC2=CCCC=C2)C=CC1C. The first kappa shape index (κ1) is 17.7. The lowest BCUT2D eigenvalue weighted by Gasteiger charge is -2.23. The van der Waals surface area contributed by atoms with E-state index < -0.39 is 0 Å². The summed E-state index contributed by atoms with van der Waals surface area (Å²) in [5.41, 5.74) is 2.87. The van der Waals surface area contributed by atoms with Gasteiger partial charge in [-0.05, 0) is 37.0 Å². The summed E-state index contributed by atoms with van der Waals surface area (Å²) in [7, 11) is 0. The monoisotopic (exact) mass is 374 g/mol. The molecule has 23 heavy (non-hydrogen) atoms. The van der Waals surface area contributed by atoms with Gasteiger partial charge >= 0.3 is 0 Å². The van der Waals surface area contributed by atoms with E-state index in [1.165, 1.54) is 5.57 Å². The Morgan fingerprint density at radius 2 is 2.22 bits per heavy atom. The molecule has 0 bridgehead atoms. The molecule has 0 amide bonds. The van der Waals surface area contributed by atoms with Gasteiger partial charge in [-0.3, -0.25) is 4.79 Å². The van der Waals surface area contributed by atoms with Gasteiger partial charge in [-0.2, -0.15) is 0 Å². The number of carbonyl (C=O) groups is 1. The summed E-state index contributed by atoms with van der Waals surface area (Å²) in [5, 5.41) is 0.297. The van der Waals surface area contributed by atoms with Crippen molar-refractivity contribution in [3.8, 4) is 0 Å². The number of ketones is 1. The molecular weight excluding hydrogens is 352 g/mol. The van der Waals surface area contributed by atoms with Crippen molar-refractivity contribution in [2.45, 2.75) is 26.7 Å². The zero-order valence-corrected chi connectivity index (χ0v) is 15.3. The second-order valence-electron chi connectivity index (χ2n) is 5.64. The number of alkyl halides is 1. The van der Waals surface area contributed by atoms with Gasteiger partial charge in [0.25, 0.3) is 0 Å². The van der Waals surface area contributed by atoms with Crippen LogP contribution in [0.3, 0.4) is 0 Å². The first-order chi connectivity index (χ1) is 11.2. The van der Waals surface area contributed by atoms with Crippen LogP contribution < -0.4 is 0 Å². The van der Waals surface area contributed by atoms with E-state index in [-0.39, 0.29) is 11.7 Å². The van der Waals surface area contributed by atoms with E-state index in [9.17, 15) is 4.79 Å². The fourth-order valence-electron chi connectivity index (χ4n) is 2.64. The third-order valence-electron chi connectivity index (χ3n) is 3.90. The highest BCUT2D eigenvalue weighted by Gasteiger charge is 2.25. The van der Waals surface area contributed by atoms with Crippen LogP contribution in [-0.4, -0.2) is 17.7 Å². The predicted molar refractivity (Wildman–Crippen MR) is 99.4 cm³/mol. The van der Waals surface area contributed by atoms with Crippen molar-refractivity contribution in [1.29, 1.82) is 0 Å². The smallest absolute Gasteiger partial charge is 0.177 e. The number of ether oxygens (including phenoxy) is 1. The first-order valence-corrected chi connectivity index (χ1v) is 9.12. The number of hydrogen-bond acceptors (Lipinski definition) is 2. The van der Waals surface area contributed by atoms with Gasteiger partial charge in [0.15, 0.2) is 5.78 Å². The summed E-state index contributed by atoms with van der Waals surface area (Å²) in [6.07, 6.45) is 18.6. The maximum atomic E-state index is 12.4. The van der Waals surface area contributed by atoms with E-state index in [4.69, 9.17) is 4.74 Å². The highest BCUT2D eigenvalue weighted by Crippen LogP contribution is 2.31. The zero-order chi connectivity index (χ0) is 16.7. The van der Waals surface area contributed by atoms with Gasteiger partial charge in [0, 0.05) is 5.92 Å². The van der Waals surface area contributed by atoms with Gasteiger partial charge in [0.1, 0.15) is 12.4 Å². The van der Waals surface area contributed by atoms with Gasteiger partial charge in [-0.25, -0.2) is 0 Å². The molecule has 0 heterocycles. The first-order valence-electron chi connectivity index (χ1n) is 8.00. The van der Waals surface area contributed by atoms with E-state index in [2.05, 4.69) is 47.2 Å². The third-order valence-corrected chi connectivity index (χ3v) is 4.41. The number of Topliss-reactive ketones (excluding diaryl/α,β-unsaturated/α-hetero) is 1. The molecule has 0 radical (unpaired) electrons. The average molecular weight is 375 g/mol. The van der Waals surface area contributed by atoms with Crippen molar-refractivity contribution < 1.29 is 9.53 Å². The highest BCUT2D eigenvalue weighted by atomic mass is 79.9. The lowest BCUT2D eigenvalue weighted by Crippen LogP contribution is -2.17. The van der Waals surface area contributed by atoms with Gasteiger partial charge < -0.3 is 4.74 Å². The number of rotatable bonds is 6. The Labute approximate surface area is 147 Å². The van der Waals surface area contributed by atoms with E-state index in [0.29, 0.717) is 23.3 Å². The highest BCUT2D eigenvalue weighted by molar-refractivity contribution is 9.09. The van der Waals surface area contributed by atoms with Crippen LogP contribution in [0.4, 0.5) is 0 Å². The van der Waals surface area contributed by atoms with E-state index in [0.717, 1.165) is 18.4 Å². The quantitative estimate of drug-likeness (QED) is 0.596. The molecule has 0 spiro atoms. The fourth-order valence-corrected chi connectivity index (χ4v) is 2.93. The molecule has 1 atom stereocenters. The van der Waals surface area contributed by atoms with Crippen LogP contribution in [0.5, 0.6) is 0 Å². The second kappa shape index (κ2) is 8.88. The van der Waals surface area contributed by atoms with Crippen LogP contribution in [-0.2, 0) is 9.53 Å². The number of allylic oxidation sites excluding steroid dienone is 9. The lowest BCUT2D eigenvalue weighted by molar-refractivity contribution is -0.113. The summed E-state index contributed by atoms with van der Waals surface area (Å²) in [4.78, 5) is 12.4. The Bertz CT molecular complexity index is 630. The molecule has 0 aromatic carbocycles. The normalized spacial score (nSPS) is 22.8. The summed E-state index contributed by atoms with van der Waals surface area (Å²) in [6.45, 7) is 4.56. The standard InChI is InChI=1S/C20H23BrO2/c1-3-4-10-17-15(2)11-12-19(20(17)18(22)13-21)23-14-16-8-6-5-7-9-16/h3-4,6,8-12,15H,5,7,13-14H2,1-2H3/b4-3-,17-10+. The Kier molecular flexibility index (Phi) is 6.85. The predicted octanol–water partition coefficient (Wildman–Crippen LogP) is 5.21. The van der Waals surface area contributed by atoms with Crippen molar-refractivity contribution in [1.82, 2.24) is 0 Å². The molecule has 3 heteroatoms. The molecule has 2 rings (SSSR count). The maximum absolute atomic E-state index is 12.4. The van der Waals surface area contributed by atoms with Crippen molar-refractivity contribution in [3.63, 3.8) is 0 Å². The molecule has 0 aromatic rings. The maximum Gasteiger partial charge on any atom is 0.177 e. The third kappa shape index (κ3) is 4.68. The van der Waals surface area contributed by atoms with E-state index in [1.807, 2.05) is 31.2 Å². The molecule has 0 N–H and O–H groups in total. The van der Waals surface area contributed by atoms with Crippen LogP contribution in [0.2, 0.25) is 0 Å². The number of halogens is 1. The zero-order valence-electron chi connectivity index (χ0n) is 13.7. The van der Waals surface area contributed by atoms with Gasteiger partial charge in [-0.15, -0.1) is 0 Å². The van der Waals surface area contributed by atoms with Gasteiger partial charge in [0.05, 0.1) is 10.9 Å². The molecular formula is C20H23BrO2. The Hall–Kier alpha value is -1.61. The van der Waals surface area contributed by atoms with E-state index >= 15 is 0 Å². The second-order valence-corrected chi connectivity index (χ2v) is 6.20. The van der Waals surface area contributed by atoms with Crippen LogP contribution in [0.25, 0.3) is 0 Å². The average Bonchev–Trinajstić information content (AvgIpc) is 2.59.